The van der Waals surface area contributed by atoms with Crippen LogP contribution in [0.4, 0.5) is 5.69 Å². The average Bonchev–Trinajstić information content (AvgIpc) is 2.71. The third-order valence-electron chi connectivity index (χ3n) is 3.74. The molecule has 0 heterocycles. The van der Waals surface area contributed by atoms with Crippen molar-refractivity contribution in [3.63, 3.8) is 0 Å². The number of ether oxygens (including phenoxy) is 3. The number of nitrogens with one attached hydrogen (secondary N) is 2. The molecule has 2 aromatic carbocycles. The van der Waals surface area contributed by atoms with Gasteiger partial charge in [-0.25, -0.2) is 8.42 Å². The Labute approximate surface area is 173 Å². The van der Waals surface area contributed by atoms with Crippen molar-refractivity contribution >= 4 is 21.6 Å². The monoisotopic (exact) mass is 439 g/mol. The second-order valence-corrected chi connectivity index (χ2v) is 7.83. The standard InChI is InChI=1S/C18H21N3O8S/c1-11(2)29-15-7-5-12(9-16(15)28-4)18(22)19-20-30(25,26)17-8-6-13(27-3)10-14(17)21(23)24/h5-11,20H,1-4H3,(H,19,22). The molecule has 0 bridgehead atoms. The highest BCUT2D eigenvalue weighted by Gasteiger charge is 2.27. The summed E-state index contributed by atoms with van der Waals surface area (Å²) < 4.78 is 40.6. The van der Waals surface area contributed by atoms with Gasteiger partial charge in [-0.15, -0.1) is 4.83 Å². The number of benzene rings is 2. The van der Waals surface area contributed by atoms with Crippen molar-refractivity contribution in [1.82, 2.24) is 10.3 Å². The van der Waals surface area contributed by atoms with Gasteiger partial charge in [-0.2, -0.15) is 0 Å². The molecule has 0 atom stereocenters. The predicted molar refractivity (Wildman–Crippen MR) is 106 cm³/mol. The van der Waals surface area contributed by atoms with Crippen LogP contribution in [-0.2, 0) is 10.0 Å². The molecule has 162 valence electrons. The number of sulfonamides is 1. The fourth-order valence-electron chi connectivity index (χ4n) is 2.39. The summed E-state index contributed by atoms with van der Waals surface area (Å²) in [5.41, 5.74) is 1.39. The van der Waals surface area contributed by atoms with Crippen molar-refractivity contribution in [2.45, 2.75) is 24.8 Å². The van der Waals surface area contributed by atoms with Gasteiger partial charge in [0.1, 0.15) is 5.75 Å². The summed E-state index contributed by atoms with van der Waals surface area (Å²) in [6.07, 6.45) is -0.120. The zero-order chi connectivity index (χ0) is 22.5. The SMILES string of the molecule is COc1ccc(S(=O)(=O)NNC(=O)c2ccc(OC(C)C)c(OC)c2)c([N+](=O)[O-])c1. The smallest absolute Gasteiger partial charge is 0.293 e. The first-order chi connectivity index (χ1) is 14.1. The largest absolute Gasteiger partial charge is 0.497 e. The normalized spacial score (nSPS) is 11.1. The Morgan fingerprint density at radius 2 is 1.77 bits per heavy atom. The Morgan fingerprint density at radius 3 is 2.33 bits per heavy atom. The molecule has 0 aliphatic heterocycles. The number of nitro groups is 1. The van der Waals surface area contributed by atoms with Gasteiger partial charge < -0.3 is 14.2 Å². The molecule has 0 radical (unpaired) electrons. The zero-order valence-electron chi connectivity index (χ0n) is 16.7. The molecule has 1 amide bonds. The molecule has 0 fully saturated rings. The number of hydrogen-bond acceptors (Lipinski definition) is 8. The van der Waals surface area contributed by atoms with Crippen LogP contribution in [0.25, 0.3) is 0 Å². The van der Waals surface area contributed by atoms with Crippen molar-refractivity contribution in [2.24, 2.45) is 0 Å². The number of carbonyl (C=O) groups excluding carboxylic acids is 1. The van der Waals surface area contributed by atoms with Crippen molar-refractivity contribution in [3.05, 3.63) is 52.1 Å². The van der Waals surface area contributed by atoms with E-state index in [1.54, 1.807) is 0 Å². The van der Waals surface area contributed by atoms with Crippen molar-refractivity contribution in [3.8, 4) is 17.2 Å². The van der Waals surface area contributed by atoms with E-state index in [0.717, 1.165) is 12.1 Å². The van der Waals surface area contributed by atoms with E-state index in [2.05, 4.69) is 0 Å². The number of hydrazine groups is 1. The lowest BCUT2D eigenvalue weighted by molar-refractivity contribution is -0.387. The van der Waals surface area contributed by atoms with Gasteiger partial charge >= 0.3 is 0 Å². The lowest BCUT2D eigenvalue weighted by atomic mass is 10.2. The third kappa shape index (κ3) is 5.36. The topological polar surface area (TPSA) is 146 Å². The van der Waals surface area contributed by atoms with Crippen LogP contribution >= 0.6 is 0 Å². The molecule has 12 heteroatoms. The summed E-state index contributed by atoms with van der Waals surface area (Å²) in [6, 6.07) is 7.52. The second-order valence-electron chi connectivity index (χ2n) is 6.18. The minimum atomic E-state index is -4.44. The fourth-order valence-corrected chi connectivity index (χ4v) is 3.39. The molecule has 0 spiro atoms. The molecular formula is C18H21N3O8S. The fraction of sp³-hybridized carbons (Fsp3) is 0.278. The number of methoxy groups -OCH3 is 2. The maximum Gasteiger partial charge on any atom is 0.293 e. The summed E-state index contributed by atoms with van der Waals surface area (Å²) in [5.74, 6) is 0.00751. The van der Waals surface area contributed by atoms with Crippen LogP contribution < -0.4 is 24.5 Å². The van der Waals surface area contributed by atoms with Crippen LogP contribution in [0, 0.1) is 10.1 Å². The summed E-state index contributed by atoms with van der Waals surface area (Å²) in [7, 11) is -1.75. The van der Waals surface area contributed by atoms with Crippen LogP contribution in [0.3, 0.4) is 0 Å². The maximum atomic E-state index is 12.5. The van der Waals surface area contributed by atoms with Gasteiger partial charge in [-0.05, 0) is 44.2 Å². The van der Waals surface area contributed by atoms with Gasteiger partial charge in [-0.1, -0.05) is 0 Å². The van der Waals surface area contributed by atoms with Gasteiger partial charge in [0.2, 0.25) is 0 Å². The van der Waals surface area contributed by atoms with Gasteiger partial charge in [-0.3, -0.25) is 20.3 Å². The molecule has 2 aromatic rings. The molecule has 2 N–H and O–H groups in total. The molecular weight excluding hydrogens is 418 g/mol. The first kappa shape index (κ1) is 22.9. The van der Waals surface area contributed by atoms with Crippen molar-refractivity contribution in [1.29, 1.82) is 0 Å². The van der Waals surface area contributed by atoms with Crippen molar-refractivity contribution < 1.29 is 32.3 Å². The lowest BCUT2D eigenvalue weighted by Crippen LogP contribution is -2.41. The van der Waals surface area contributed by atoms with Crippen LogP contribution in [0.15, 0.2) is 41.3 Å². The minimum absolute atomic E-state index is 0.0786. The van der Waals surface area contributed by atoms with Gasteiger partial charge in [0.15, 0.2) is 16.4 Å². The van der Waals surface area contributed by atoms with Crippen LogP contribution in [-0.4, -0.2) is 39.6 Å². The molecule has 0 aromatic heterocycles. The third-order valence-corrected chi connectivity index (χ3v) is 5.03. The minimum Gasteiger partial charge on any atom is -0.497 e. The second kappa shape index (κ2) is 9.41. The van der Waals surface area contributed by atoms with E-state index in [9.17, 15) is 23.3 Å². The predicted octanol–water partition coefficient (Wildman–Crippen LogP) is 2.02. The highest BCUT2D eigenvalue weighted by Crippen LogP contribution is 2.29. The highest BCUT2D eigenvalue weighted by molar-refractivity contribution is 7.89. The van der Waals surface area contributed by atoms with E-state index in [0.29, 0.717) is 5.75 Å². The maximum absolute atomic E-state index is 12.5. The van der Waals surface area contributed by atoms with E-state index < -0.39 is 31.4 Å². The molecule has 11 nitrogen and oxygen atoms in total. The Balaban J connectivity index is 2.22. The number of nitro benzene ring substituents is 1. The quantitative estimate of drug-likeness (QED) is 0.446. The molecule has 2 rings (SSSR count). The van der Waals surface area contributed by atoms with Crippen LogP contribution in [0.2, 0.25) is 0 Å². The Kier molecular flexibility index (Phi) is 7.19. The first-order valence-electron chi connectivity index (χ1n) is 8.58. The summed E-state index contributed by atoms with van der Waals surface area (Å²) in [4.78, 5) is 23.9. The van der Waals surface area contributed by atoms with E-state index in [-0.39, 0.29) is 23.2 Å². The molecule has 0 saturated heterocycles. The molecule has 0 aliphatic carbocycles. The molecule has 0 aliphatic rings. The van der Waals surface area contributed by atoms with Gasteiger partial charge in [0, 0.05) is 5.56 Å². The average molecular weight is 439 g/mol. The van der Waals surface area contributed by atoms with E-state index in [4.69, 9.17) is 14.2 Å². The molecule has 30 heavy (non-hydrogen) atoms. The summed E-state index contributed by atoms with van der Waals surface area (Å²) in [6.45, 7) is 3.65. The number of rotatable bonds is 9. The Morgan fingerprint density at radius 1 is 1.07 bits per heavy atom. The molecule has 0 unspecified atom stereocenters. The first-order valence-corrected chi connectivity index (χ1v) is 10.1. The van der Waals surface area contributed by atoms with E-state index in [1.807, 2.05) is 24.1 Å². The van der Waals surface area contributed by atoms with E-state index in [1.165, 1.54) is 38.5 Å². The number of carbonyl (C=O) groups is 1. The van der Waals surface area contributed by atoms with Crippen LogP contribution in [0.5, 0.6) is 17.2 Å². The lowest BCUT2D eigenvalue weighted by Gasteiger charge is -2.14. The number of hydrogen-bond donors (Lipinski definition) is 2. The van der Waals surface area contributed by atoms with Gasteiger partial charge in [0.25, 0.3) is 21.6 Å². The number of amides is 1. The Hall–Kier alpha value is -3.38. The van der Waals surface area contributed by atoms with Crippen LogP contribution in [0.1, 0.15) is 24.2 Å². The summed E-state index contributed by atoms with van der Waals surface area (Å²) in [5, 5.41) is 11.2. The number of nitrogens with zero attached hydrogens (tertiary/aromatic N) is 1. The Bertz CT molecular complexity index is 1050. The van der Waals surface area contributed by atoms with Crippen molar-refractivity contribution in [2.75, 3.05) is 14.2 Å². The van der Waals surface area contributed by atoms with Gasteiger partial charge in [0.05, 0.1) is 31.3 Å². The van der Waals surface area contributed by atoms with E-state index >= 15 is 0 Å². The molecule has 0 saturated carbocycles. The summed E-state index contributed by atoms with van der Waals surface area (Å²) >= 11 is 0. The highest BCUT2D eigenvalue weighted by atomic mass is 32.2. The zero-order valence-corrected chi connectivity index (χ0v) is 17.5.